The van der Waals surface area contributed by atoms with E-state index in [1.54, 1.807) is 6.07 Å². The molecule has 0 fully saturated rings. The summed E-state index contributed by atoms with van der Waals surface area (Å²) in [5, 5.41) is 9.73. The van der Waals surface area contributed by atoms with E-state index < -0.39 is 11.9 Å². The van der Waals surface area contributed by atoms with Gasteiger partial charge < -0.3 is 28.6 Å². The van der Waals surface area contributed by atoms with Gasteiger partial charge in [-0.15, -0.1) is 0 Å². The van der Waals surface area contributed by atoms with Crippen LogP contribution in [0.2, 0.25) is 0 Å². The highest BCUT2D eigenvalue weighted by atomic mass is 16.5. The van der Waals surface area contributed by atoms with Crippen molar-refractivity contribution in [3.05, 3.63) is 64.9 Å². The van der Waals surface area contributed by atoms with Gasteiger partial charge >= 0.3 is 11.9 Å². The second kappa shape index (κ2) is 10.3. The SMILES string of the molecule is COC(=O)C1=C(C(=O)OC)N(c2cc(OCc3ccccc3)c(OC)cc2C#N)COC1. The highest BCUT2D eigenvalue weighted by Gasteiger charge is 2.34. The lowest BCUT2D eigenvalue weighted by molar-refractivity contribution is -0.140. The van der Waals surface area contributed by atoms with Crippen LogP contribution in [0.3, 0.4) is 0 Å². The molecule has 0 radical (unpaired) electrons. The first-order chi connectivity index (χ1) is 15.5. The third-order valence-corrected chi connectivity index (χ3v) is 4.76. The fourth-order valence-electron chi connectivity index (χ4n) is 3.20. The number of carbonyl (C=O) groups is 2. The average molecular weight is 438 g/mol. The molecule has 0 spiro atoms. The summed E-state index contributed by atoms with van der Waals surface area (Å²) >= 11 is 0. The van der Waals surface area contributed by atoms with Crippen molar-refractivity contribution in [1.29, 1.82) is 5.26 Å². The van der Waals surface area contributed by atoms with Crippen LogP contribution in [-0.4, -0.2) is 46.6 Å². The van der Waals surface area contributed by atoms with E-state index in [1.807, 2.05) is 30.3 Å². The maximum Gasteiger partial charge on any atom is 0.355 e. The Morgan fingerprint density at radius 3 is 2.41 bits per heavy atom. The van der Waals surface area contributed by atoms with Crippen molar-refractivity contribution in [1.82, 2.24) is 0 Å². The molecule has 1 aliphatic heterocycles. The molecule has 2 aromatic carbocycles. The number of carbonyl (C=O) groups excluding carboxylic acids is 2. The van der Waals surface area contributed by atoms with E-state index in [9.17, 15) is 14.9 Å². The fraction of sp³-hybridized carbons (Fsp3) is 0.261. The Hall–Kier alpha value is -4.03. The Morgan fingerprint density at radius 2 is 1.78 bits per heavy atom. The van der Waals surface area contributed by atoms with Gasteiger partial charge in [-0.1, -0.05) is 30.3 Å². The maximum atomic E-state index is 12.6. The van der Waals surface area contributed by atoms with Gasteiger partial charge in [-0.2, -0.15) is 5.26 Å². The number of ether oxygens (including phenoxy) is 5. The fourth-order valence-corrected chi connectivity index (χ4v) is 3.20. The quantitative estimate of drug-likeness (QED) is 0.603. The number of esters is 2. The van der Waals surface area contributed by atoms with E-state index >= 15 is 0 Å². The summed E-state index contributed by atoms with van der Waals surface area (Å²) < 4.78 is 26.5. The van der Waals surface area contributed by atoms with Crippen LogP contribution in [0.1, 0.15) is 11.1 Å². The summed E-state index contributed by atoms with van der Waals surface area (Å²) in [4.78, 5) is 26.2. The van der Waals surface area contributed by atoms with Crippen LogP contribution in [0.4, 0.5) is 5.69 Å². The smallest absolute Gasteiger partial charge is 0.355 e. The molecule has 0 atom stereocenters. The lowest BCUT2D eigenvalue weighted by Crippen LogP contribution is -2.39. The number of methoxy groups -OCH3 is 3. The van der Waals surface area contributed by atoms with Crippen molar-refractivity contribution < 1.29 is 33.3 Å². The predicted octanol–water partition coefficient (Wildman–Crippen LogP) is 2.54. The summed E-state index contributed by atoms with van der Waals surface area (Å²) in [5.41, 5.74) is 1.33. The first kappa shape index (κ1) is 22.7. The van der Waals surface area contributed by atoms with Crippen LogP contribution >= 0.6 is 0 Å². The van der Waals surface area contributed by atoms with Gasteiger partial charge in [-0.05, 0) is 5.56 Å². The topological polar surface area (TPSA) is 107 Å². The molecule has 0 amide bonds. The van der Waals surface area contributed by atoms with Gasteiger partial charge in [0.2, 0.25) is 0 Å². The van der Waals surface area contributed by atoms with Crippen LogP contribution in [0, 0.1) is 11.3 Å². The number of anilines is 1. The monoisotopic (exact) mass is 438 g/mol. The molecular formula is C23H22N2O7. The normalized spacial score (nSPS) is 13.2. The van der Waals surface area contributed by atoms with Crippen LogP contribution in [0.5, 0.6) is 11.5 Å². The van der Waals surface area contributed by atoms with Gasteiger partial charge in [-0.25, -0.2) is 9.59 Å². The molecule has 32 heavy (non-hydrogen) atoms. The molecule has 9 heteroatoms. The van der Waals surface area contributed by atoms with Crippen molar-refractivity contribution in [2.75, 3.05) is 39.6 Å². The summed E-state index contributed by atoms with van der Waals surface area (Å²) in [7, 11) is 3.86. The Labute approximate surface area is 185 Å². The predicted molar refractivity (Wildman–Crippen MR) is 113 cm³/mol. The maximum absolute atomic E-state index is 12.6. The minimum absolute atomic E-state index is 0.0166. The average Bonchev–Trinajstić information content (AvgIpc) is 2.86. The summed E-state index contributed by atoms with van der Waals surface area (Å²) in [6.07, 6.45) is 0. The number of hydrogen-bond acceptors (Lipinski definition) is 9. The lowest BCUT2D eigenvalue weighted by atomic mass is 10.1. The molecule has 1 aliphatic rings. The Balaban J connectivity index is 2.09. The summed E-state index contributed by atoms with van der Waals surface area (Å²) in [6, 6.07) is 14.7. The number of nitrogens with zero attached hydrogens (tertiary/aromatic N) is 2. The van der Waals surface area contributed by atoms with E-state index in [2.05, 4.69) is 6.07 Å². The Morgan fingerprint density at radius 1 is 1.06 bits per heavy atom. The third kappa shape index (κ3) is 4.66. The highest BCUT2D eigenvalue weighted by Crippen LogP contribution is 2.38. The van der Waals surface area contributed by atoms with E-state index in [1.165, 1.54) is 32.3 Å². The molecule has 0 saturated heterocycles. The Bertz CT molecular complexity index is 1070. The highest BCUT2D eigenvalue weighted by molar-refractivity contribution is 6.03. The van der Waals surface area contributed by atoms with Crippen molar-refractivity contribution in [3.63, 3.8) is 0 Å². The van der Waals surface area contributed by atoms with Gasteiger partial charge in [0, 0.05) is 12.1 Å². The van der Waals surface area contributed by atoms with Crippen molar-refractivity contribution >= 4 is 17.6 Å². The van der Waals surface area contributed by atoms with Gasteiger partial charge in [0.05, 0.1) is 44.8 Å². The van der Waals surface area contributed by atoms with E-state index in [4.69, 9.17) is 23.7 Å². The molecule has 0 unspecified atom stereocenters. The molecule has 0 saturated carbocycles. The van der Waals surface area contributed by atoms with E-state index in [-0.39, 0.29) is 42.5 Å². The molecule has 3 rings (SSSR count). The molecule has 9 nitrogen and oxygen atoms in total. The van der Waals surface area contributed by atoms with Crippen molar-refractivity contribution in [2.24, 2.45) is 0 Å². The zero-order valence-corrected chi connectivity index (χ0v) is 17.9. The zero-order chi connectivity index (χ0) is 23.1. The van der Waals surface area contributed by atoms with E-state index in [0.29, 0.717) is 11.5 Å². The molecule has 1 heterocycles. The molecular weight excluding hydrogens is 416 g/mol. The molecule has 0 bridgehead atoms. The summed E-state index contributed by atoms with van der Waals surface area (Å²) in [5.74, 6) is -0.807. The standard InChI is InChI=1S/C23H22N2O7/c1-28-19-9-16(11-24)18(10-20(19)32-12-15-7-5-4-6-8-15)25-14-31-13-17(22(26)29-2)21(25)23(27)30-3/h4-10H,12-14H2,1-3H3. The van der Waals surface area contributed by atoms with Crippen LogP contribution in [-0.2, 0) is 30.4 Å². The lowest BCUT2D eigenvalue weighted by Gasteiger charge is -2.32. The largest absolute Gasteiger partial charge is 0.493 e. The third-order valence-electron chi connectivity index (χ3n) is 4.76. The van der Waals surface area contributed by atoms with Crippen LogP contribution < -0.4 is 14.4 Å². The second-order valence-electron chi connectivity index (χ2n) is 6.62. The minimum Gasteiger partial charge on any atom is -0.493 e. The van der Waals surface area contributed by atoms with Crippen molar-refractivity contribution in [2.45, 2.75) is 6.61 Å². The van der Waals surface area contributed by atoms with E-state index in [0.717, 1.165) is 5.56 Å². The van der Waals surface area contributed by atoms with Gasteiger partial charge in [-0.3, -0.25) is 0 Å². The first-order valence-corrected chi connectivity index (χ1v) is 9.58. The van der Waals surface area contributed by atoms with Crippen LogP contribution in [0.25, 0.3) is 0 Å². The molecule has 0 aliphatic carbocycles. The molecule has 0 aromatic heterocycles. The number of hydrogen-bond donors (Lipinski definition) is 0. The van der Waals surface area contributed by atoms with Crippen LogP contribution in [0.15, 0.2) is 53.7 Å². The zero-order valence-electron chi connectivity index (χ0n) is 17.9. The van der Waals surface area contributed by atoms with Gasteiger partial charge in [0.15, 0.2) is 11.5 Å². The first-order valence-electron chi connectivity index (χ1n) is 9.58. The molecule has 0 N–H and O–H groups in total. The minimum atomic E-state index is -0.764. The second-order valence-corrected chi connectivity index (χ2v) is 6.62. The number of nitriles is 1. The number of benzene rings is 2. The van der Waals surface area contributed by atoms with Crippen molar-refractivity contribution in [3.8, 4) is 17.6 Å². The summed E-state index contributed by atoms with van der Waals surface area (Å²) in [6.45, 7) is 0.0270. The molecule has 2 aromatic rings. The Kier molecular flexibility index (Phi) is 7.31. The molecule has 166 valence electrons. The number of rotatable bonds is 7. The van der Waals surface area contributed by atoms with Gasteiger partial charge in [0.25, 0.3) is 0 Å². The van der Waals surface area contributed by atoms with Gasteiger partial charge in [0.1, 0.15) is 25.1 Å².